The van der Waals surface area contributed by atoms with E-state index in [1.54, 1.807) is 0 Å². The number of furan rings is 2. The molecule has 0 aliphatic heterocycles. The second-order valence-corrected chi connectivity index (χ2v) is 30.9. The highest BCUT2D eigenvalue weighted by molar-refractivity contribution is 6.32. The Morgan fingerprint density at radius 1 is 0.164 bits per heavy atom. The Labute approximate surface area is 705 Å². The van der Waals surface area contributed by atoms with Crippen LogP contribution in [-0.2, 0) is 0 Å². The van der Waals surface area contributed by atoms with Crippen LogP contribution < -0.4 is 19.6 Å². The van der Waals surface area contributed by atoms with E-state index in [0.29, 0.717) is 11.1 Å². The summed E-state index contributed by atoms with van der Waals surface area (Å²) in [6.45, 7) is 0. The van der Waals surface area contributed by atoms with E-state index in [9.17, 15) is 10.5 Å². The van der Waals surface area contributed by atoms with Crippen molar-refractivity contribution in [2.75, 3.05) is 19.6 Å². The van der Waals surface area contributed by atoms with Crippen molar-refractivity contribution in [1.82, 2.24) is 0 Å². The van der Waals surface area contributed by atoms with Crippen molar-refractivity contribution < 1.29 is 8.83 Å². The topological polar surface area (TPSA) is 86.8 Å². The molecule has 122 heavy (non-hydrogen) atoms. The zero-order valence-corrected chi connectivity index (χ0v) is 66.1. The molecule has 2 heterocycles. The molecule has 570 valence electrons. The van der Waals surface area contributed by atoms with Gasteiger partial charge in [0.15, 0.2) is 0 Å². The first-order chi connectivity index (χ1) is 60.4. The van der Waals surface area contributed by atoms with E-state index in [-0.39, 0.29) is 0 Å². The lowest BCUT2D eigenvalue weighted by molar-refractivity contribution is 0.669. The van der Waals surface area contributed by atoms with Crippen LogP contribution in [0.2, 0.25) is 0 Å². The number of rotatable bonds is 17. The lowest BCUT2D eigenvalue weighted by Crippen LogP contribution is -2.11. The highest BCUT2D eigenvalue weighted by Crippen LogP contribution is 2.53. The second kappa shape index (κ2) is 30.4. The molecule has 0 atom stereocenters. The Kier molecular flexibility index (Phi) is 17.9. The Morgan fingerprint density at radius 2 is 0.369 bits per heavy atom. The van der Waals surface area contributed by atoms with E-state index in [4.69, 9.17) is 8.83 Å². The van der Waals surface area contributed by atoms with Gasteiger partial charge >= 0.3 is 0 Å². The Bertz CT molecular complexity index is 7770. The van der Waals surface area contributed by atoms with Gasteiger partial charge in [-0.05, 0) is 205 Å². The Hall–Kier alpha value is -16.8. The summed E-state index contributed by atoms with van der Waals surface area (Å²) >= 11 is 0. The van der Waals surface area contributed by atoms with E-state index in [1.807, 2.05) is 66.7 Å². The molecule has 0 N–H and O–H groups in total. The summed E-state index contributed by atoms with van der Waals surface area (Å²) in [6.07, 6.45) is 0. The standard InChI is InChI=1S/C114H72N6O2/c115-73-75-43-55-88(56-44-75)117(87-32-11-4-12-33-87)103-69-107-111(99-39-17-13-35-95(99)103)114-102-42-20-16-38-98(102)106(72-110(114)122-107)120(89-57-45-76(74-116)46-58-89)94-34-22-31-86(68-94)85-30-21-29-84(67-85)83-53-65-93(66-54-83)119(92-63-51-82(52-64-92)79-27-9-3-10-28-79)105-71-109-113(101-41-19-15-37-97(101)105)112-100-40-18-14-36-96(100)104(70-108(112)121-109)118(90-59-47-80(48-60-90)77-23-5-1-6-24-77)91-61-49-81(50-62-91)78-25-7-2-8-26-78/h1-72H. The zero-order chi connectivity index (χ0) is 81.1. The number of para-hydroxylation sites is 1. The fourth-order valence-electron chi connectivity index (χ4n) is 18.1. The van der Waals surface area contributed by atoms with Gasteiger partial charge in [-0.15, -0.1) is 0 Å². The summed E-state index contributed by atoms with van der Waals surface area (Å²) in [6, 6.07) is 159. The van der Waals surface area contributed by atoms with Crippen molar-refractivity contribution in [3.05, 3.63) is 448 Å². The van der Waals surface area contributed by atoms with Crippen molar-refractivity contribution in [1.29, 1.82) is 10.5 Å². The van der Waals surface area contributed by atoms with Gasteiger partial charge in [0, 0.05) is 113 Å². The number of nitrogens with zero attached hydrogens (tertiary/aromatic N) is 6. The third-order valence-electron chi connectivity index (χ3n) is 23.8. The lowest BCUT2D eigenvalue weighted by atomic mass is 9.96. The number of nitriles is 2. The molecule has 8 nitrogen and oxygen atoms in total. The van der Waals surface area contributed by atoms with Gasteiger partial charge in [-0.3, -0.25) is 0 Å². The van der Waals surface area contributed by atoms with E-state index in [2.05, 4.69) is 402 Å². The van der Waals surface area contributed by atoms with Gasteiger partial charge in [0.25, 0.3) is 0 Å². The van der Waals surface area contributed by atoms with Gasteiger partial charge in [0.2, 0.25) is 0 Å². The second-order valence-electron chi connectivity index (χ2n) is 30.9. The first-order valence-electron chi connectivity index (χ1n) is 41.0. The average molecular weight is 1560 g/mol. The van der Waals surface area contributed by atoms with E-state index >= 15 is 0 Å². The first-order valence-corrected chi connectivity index (χ1v) is 41.0. The van der Waals surface area contributed by atoms with Gasteiger partial charge in [0.1, 0.15) is 22.3 Å². The summed E-state index contributed by atoms with van der Waals surface area (Å²) in [5, 5.41) is 32.7. The molecule has 22 aromatic rings. The summed E-state index contributed by atoms with van der Waals surface area (Å²) in [4.78, 5) is 9.28. The maximum Gasteiger partial charge on any atom is 0.138 e. The van der Waals surface area contributed by atoms with Crippen LogP contribution in [0.25, 0.3) is 143 Å². The summed E-state index contributed by atoms with van der Waals surface area (Å²) in [5.74, 6) is 0. The molecule has 0 saturated carbocycles. The quantitative estimate of drug-likeness (QED) is 0.0891. The minimum Gasteiger partial charge on any atom is -0.456 e. The molecule has 22 rings (SSSR count). The van der Waals surface area contributed by atoms with Crippen molar-refractivity contribution in [2.24, 2.45) is 0 Å². The molecule has 0 spiro atoms. The first kappa shape index (κ1) is 71.7. The van der Waals surface area contributed by atoms with Crippen molar-refractivity contribution in [2.45, 2.75) is 0 Å². The molecule has 0 aliphatic carbocycles. The number of benzene rings is 20. The maximum absolute atomic E-state index is 10.2. The fraction of sp³-hybridized carbons (Fsp3) is 0. The van der Waals surface area contributed by atoms with Crippen molar-refractivity contribution in [3.63, 3.8) is 0 Å². The van der Waals surface area contributed by atoms with Crippen molar-refractivity contribution >= 4 is 155 Å². The molecule has 0 radical (unpaired) electrons. The zero-order valence-electron chi connectivity index (χ0n) is 66.1. The normalized spacial score (nSPS) is 11.4. The number of hydrogen-bond donors (Lipinski definition) is 0. The van der Waals surface area contributed by atoms with Gasteiger partial charge in [-0.2, -0.15) is 10.5 Å². The smallest absolute Gasteiger partial charge is 0.138 e. The molecular formula is C114H72N6O2. The molecule has 0 unspecified atom stereocenters. The van der Waals surface area contributed by atoms with Crippen LogP contribution in [0.4, 0.5) is 68.2 Å². The predicted octanol–water partition coefficient (Wildman–Crippen LogP) is 32.1. The SMILES string of the molecule is N#Cc1ccc(N(c2ccccc2)c2cc3oc4cc(N(c5ccc(C#N)cc5)c5cccc(-c6cccc(-c7ccc(N(c8ccc(-c9ccccc9)cc8)c8cc9oc%10cc(N(c%11ccc(-c%12ccccc%12)cc%11)c%11ccc(-c%12ccccc%12)cc%11)c%11ccccc%11c%10c9c9ccccc89)cc7)c6)c5)c5ccccc5c4c3c3ccccc23)cc1. The van der Waals surface area contributed by atoms with Gasteiger partial charge in [-0.25, -0.2) is 0 Å². The largest absolute Gasteiger partial charge is 0.456 e. The average Bonchev–Trinajstić information content (AvgIpc) is 1.54. The number of anilines is 12. The molecule has 8 heteroatoms. The number of hydrogen-bond acceptors (Lipinski definition) is 8. The maximum atomic E-state index is 10.2. The molecule has 20 aromatic carbocycles. The van der Waals surface area contributed by atoms with E-state index < -0.39 is 0 Å². The third-order valence-corrected chi connectivity index (χ3v) is 23.8. The Morgan fingerprint density at radius 3 is 0.672 bits per heavy atom. The number of fused-ring (bicyclic) bond motifs is 14. The molecule has 0 aliphatic rings. The van der Waals surface area contributed by atoms with Gasteiger partial charge in [0.05, 0.1) is 46.0 Å². The molecular weight excluding hydrogens is 1490 g/mol. The minimum absolute atomic E-state index is 0.567. The minimum atomic E-state index is 0.567. The van der Waals surface area contributed by atoms with Crippen LogP contribution in [0, 0.1) is 22.7 Å². The van der Waals surface area contributed by atoms with Crippen LogP contribution in [0.5, 0.6) is 0 Å². The van der Waals surface area contributed by atoms with Crippen LogP contribution in [-0.4, -0.2) is 0 Å². The van der Waals surface area contributed by atoms with Gasteiger partial charge in [-0.1, -0.05) is 285 Å². The predicted molar refractivity (Wildman–Crippen MR) is 506 cm³/mol. The van der Waals surface area contributed by atoms with Crippen LogP contribution in [0.1, 0.15) is 11.1 Å². The molecule has 0 bridgehead atoms. The monoisotopic (exact) mass is 1560 g/mol. The summed E-state index contributed by atoms with van der Waals surface area (Å²) in [5.41, 5.74) is 26.8. The van der Waals surface area contributed by atoms with Crippen LogP contribution >= 0.6 is 0 Å². The van der Waals surface area contributed by atoms with E-state index in [1.165, 1.54) is 0 Å². The van der Waals surface area contributed by atoms with Crippen LogP contribution in [0.15, 0.2) is 446 Å². The van der Waals surface area contributed by atoms with Crippen molar-refractivity contribution in [3.8, 4) is 67.8 Å². The lowest BCUT2D eigenvalue weighted by Gasteiger charge is -2.28. The molecule has 0 saturated heterocycles. The summed E-state index contributed by atoms with van der Waals surface area (Å²) < 4.78 is 14.7. The molecule has 2 aromatic heterocycles. The summed E-state index contributed by atoms with van der Waals surface area (Å²) in [7, 11) is 0. The van der Waals surface area contributed by atoms with E-state index in [0.717, 1.165) is 211 Å². The molecule has 0 amide bonds. The fourth-order valence-corrected chi connectivity index (χ4v) is 18.1. The third kappa shape index (κ3) is 12.7. The molecule has 0 fully saturated rings. The van der Waals surface area contributed by atoms with Crippen LogP contribution in [0.3, 0.4) is 0 Å². The van der Waals surface area contributed by atoms with Gasteiger partial charge < -0.3 is 28.4 Å². The Balaban J connectivity index is 0.647. The highest BCUT2D eigenvalue weighted by atomic mass is 16.3. The highest BCUT2D eigenvalue weighted by Gasteiger charge is 2.29.